The molecule has 3 rings (SSSR count). The first kappa shape index (κ1) is 13.8. The number of anilines is 1. The van der Waals surface area contributed by atoms with E-state index in [1.807, 2.05) is 12.1 Å². The fraction of sp³-hybridized carbons (Fsp3) is 0.625. The Labute approximate surface area is 126 Å². The molecule has 2 saturated carbocycles. The van der Waals surface area contributed by atoms with Crippen molar-refractivity contribution in [1.29, 1.82) is 0 Å². The summed E-state index contributed by atoms with van der Waals surface area (Å²) in [7, 11) is 0. The molecule has 4 heteroatoms. The molecule has 108 valence electrons. The van der Waals surface area contributed by atoms with Crippen molar-refractivity contribution < 1.29 is 0 Å². The van der Waals surface area contributed by atoms with Crippen molar-refractivity contribution in [2.24, 2.45) is 22.5 Å². The van der Waals surface area contributed by atoms with E-state index in [0.717, 1.165) is 17.3 Å². The van der Waals surface area contributed by atoms with Crippen LogP contribution in [0.25, 0.3) is 0 Å². The van der Waals surface area contributed by atoms with Crippen LogP contribution in [0.4, 0.5) is 5.82 Å². The van der Waals surface area contributed by atoms with Crippen LogP contribution < -0.4 is 11.1 Å². The molecule has 3 N–H and O–H groups in total. The molecule has 0 aromatic carbocycles. The maximum Gasteiger partial charge on any atom is 0.126 e. The zero-order valence-corrected chi connectivity index (χ0v) is 13.3. The molecule has 1 heterocycles. The highest BCUT2D eigenvalue weighted by Crippen LogP contribution is 2.62. The molecular weight excluding hydrogens is 266 g/mol. The van der Waals surface area contributed by atoms with Crippen molar-refractivity contribution in [2.45, 2.75) is 46.1 Å². The van der Waals surface area contributed by atoms with Gasteiger partial charge in [0.2, 0.25) is 0 Å². The van der Waals surface area contributed by atoms with E-state index in [2.05, 4.69) is 31.1 Å². The van der Waals surface area contributed by atoms with E-state index >= 15 is 0 Å². The topological polar surface area (TPSA) is 50.9 Å². The normalized spacial score (nSPS) is 34.1. The lowest BCUT2D eigenvalue weighted by Gasteiger charge is -2.43. The lowest BCUT2D eigenvalue weighted by Crippen LogP contribution is -2.45. The number of nitrogens with one attached hydrogen (secondary N) is 1. The summed E-state index contributed by atoms with van der Waals surface area (Å²) in [6.45, 7) is 7.20. The highest BCUT2D eigenvalue weighted by atomic mass is 32.1. The van der Waals surface area contributed by atoms with Crippen LogP contribution in [0.1, 0.15) is 45.6 Å². The van der Waals surface area contributed by atoms with Crippen LogP contribution in [0.5, 0.6) is 0 Å². The van der Waals surface area contributed by atoms with E-state index in [9.17, 15) is 0 Å². The van der Waals surface area contributed by atoms with Gasteiger partial charge >= 0.3 is 0 Å². The van der Waals surface area contributed by atoms with Crippen LogP contribution in [-0.4, -0.2) is 16.0 Å². The van der Waals surface area contributed by atoms with E-state index < -0.39 is 0 Å². The van der Waals surface area contributed by atoms with Crippen molar-refractivity contribution in [3.8, 4) is 0 Å². The maximum absolute atomic E-state index is 5.61. The summed E-state index contributed by atoms with van der Waals surface area (Å²) in [5, 5.41) is 3.67. The Kier molecular flexibility index (Phi) is 3.05. The van der Waals surface area contributed by atoms with Crippen molar-refractivity contribution in [3.63, 3.8) is 0 Å². The molecular formula is C16H23N3S. The Hall–Kier alpha value is -1.16. The van der Waals surface area contributed by atoms with Gasteiger partial charge in [-0.3, -0.25) is 0 Å². The van der Waals surface area contributed by atoms with Crippen molar-refractivity contribution >= 4 is 23.0 Å². The highest BCUT2D eigenvalue weighted by Gasteiger charge is 2.59. The van der Waals surface area contributed by atoms with Gasteiger partial charge in [-0.25, -0.2) is 4.98 Å². The molecule has 2 bridgehead atoms. The minimum atomic E-state index is 0.330. The van der Waals surface area contributed by atoms with Crippen LogP contribution in [0, 0.1) is 16.7 Å². The molecule has 0 radical (unpaired) electrons. The van der Waals surface area contributed by atoms with Crippen LogP contribution in [0.2, 0.25) is 0 Å². The number of hydrogen-bond donors (Lipinski definition) is 2. The van der Waals surface area contributed by atoms with Gasteiger partial charge in [0.1, 0.15) is 10.8 Å². The summed E-state index contributed by atoms with van der Waals surface area (Å²) in [5.41, 5.74) is 7.17. The average Bonchev–Trinajstić information content (AvgIpc) is 2.86. The molecule has 1 aromatic rings. The minimum absolute atomic E-state index is 0.330. The summed E-state index contributed by atoms with van der Waals surface area (Å²) in [4.78, 5) is 4.86. The predicted octanol–water partition coefficient (Wildman–Crippen LogP) is 3.34. The zero-order chi connectivity index (χ0) is 14.5. The Balaban J connectivity index is 1.82. The Morgan fingerprint density at radius 1 is 1.40 bits per heavy atom. The molecule has 1 aromatic heterocycles. The summed E-state index contributed by atoms with van der Waals surface area (Å²) >= 11 is 4.96. The second-order valence-electron chi connectivity index (χ2n) is 7.29. The molecule has 3 unspecified atom stereocenters. The number of fused-ring (bicyclic) bond motifs is 2. The molecule has 0 aliphatic heterocycles. The van der Waals surface area contributed by atoms with Crippen LogP contribution >= 0.6 is 12.2 Å². The molecule has 2 aliphatic carbocycles. The van der Waals surface area contributed by atoms with Gasteiger partial charge in [-0.1, -0.05) is 33.0 Å². The second kappa shape index (κ2) is 4.42. The molecule has 0 spiro atoms. The quantitative estimate of drug-likeness (QED) is 0.838. The lowest BCUT2D eigenvalue weighted by molar-refractivity contribution is 0.155. The number of aromatic nitrogens is 1. The summed E-state index contributed by atoms with van der Waals surface area (Å²) in [5.74, 6) is 1.76. The van der Waals surface area contributed by atoms with E-state index in [4.69, 9.17) is 18.0 Å². The van der Waals surface area contributed by atoms with Gasteiger partial charge in [-0.2, -0.15) is 0 Å². The smallest absolute Gasteiger partial charge is 0.126 e. The number of hydrogen-bond acceptors (Lipinski definition) is 3. The highest BCUT2D eigenvalue weighted by molar-refractivity contribution is 7.80. The van der Waals surface area contributed by atoms with Gasteiger partial charge in [-0.15, -0.1) is 0 Å². The monoisotopic (exact) mass is 289 g/mol. The van der Waals surface area contributed by atoms with Gasteiger partial charge in [0.25, 0.3) is 0 Å². The van der Waals surface area contributed by atoms with Gasteiger partial charge in [0.15, 0.2) is 0 Å². The predicted molar refractivity (Wildman–Crippen MR) is 86.8 cm³/mol. The first-order valence-electron chi connectivity index (χ1n) is 7.35. The number of nitrogens with zero attached hydrogens (tertiary/aromatic N) is 1. The molecule has 0 amide bonds. The van der Waals surface area contributed by atoms with Crippen molar-refractivity contribution in [3.05, 3.63) is 23.9 Å². The fourth-order valence-corrected chi connectivity index (χ4v) is 4.56. The number of pyridine rings is 1. The zero-order valence-electron chi connectivity index (χ0n) is 12.4. The second-order valence-corrected chi connectivity index (χ2v) is 7.73. The van der Waals surface area contributed by atoms with Gasteiger partial charge in [-0.05, 0) is 48.1 Å². The molecule has 2 fully saturated rings. The third kappa shape index (κ3) is 2.01. The number of rotatable bonds is 3. The third-order valence-electron chi connectivity index (χ3n) is 5.61. The van der Waals surface area contributed by atoms with Gasteiger partial charge in [0, 0.05) is 17.8 Å². The van der Waals surface area contributed by atoms with E-state index in [1.54, 1.807) is 6.20 Å². The Morgan fingerprint density at radius 2 is 2.15 bits per heavy atom. The summed E-state index contributed by atoms with van der Waals surface area (Å²) in [6, 6.07) is 4.41. The molecule has 3 nitrogen and oxygen atoms in total. The van der Waals surface area contributed by atoms with Crippen LogP contribution in [-0.2, 0) is 0 Å². The molecule has 3 atom stereocenters. The van der Waals surface area contributed by atoms with E-state index in [1.165, 1.54) is 19.3 Å². The number of thiocarbonyl (C=S) groups is 1. The largest absolute Gasteiger partial charge is 0.389 e. The van der Waals surface area contributed by atoms with Gasteiger partial charge in [0.05, 0.1) is 0 Å². The third-order valence-corrected chi connectivity index (χ3v) is 5.85. The van der Waals surface area contributed by atoms with Crippen LogP contribution in [0.3, 0.4) is 0 Å². The molecule has 2 aliphatic rings. The van der Waals surface area contributed by atoms with Crippen LogP contribution in [0.15, 0.2) is 18.3 Å². The summed E-state index contributed by atoms with van der Waals surface area (Å²) < 4.78 is 0. The standard InChI is InChI=1S/C16H23N3S/c1-15(2)11-6-7-16(3,8-11)14(15)19-12-5-4-10(9-18-12)13(17)20/h4-5,9,11,14H,6-8H2,1-3H3,(H2,17,20)(H,18,19). The first-order chi connectivity index (χ1) is 9.33. The van der Waals surface area contributed by atoms with Crippen molar-refractivity contribution in [2.75, 3.05) is 5.32 Å². The lowest BCUT2D eigenvalue weighted by atomic mass is 9.68. The minimum Gasteiger partial charge on any atom is -0.389 e. The number of nitrogens with two attached hydrogens (primary N) is 1. The molecule has 0 saturated heterocycles. The Morgan fingerprint density at radius 3 is 2.65 bits per heavy atom. The molecule has 20 heavy (non-hydrogen) atoms. The Bertz CT molecular complexity index is 532. The van der Waals surface area contributed by atoms with E-state index in [-0.39, 0.29) is 0 Å². The average molecular weight is 289 g/mol. The first-order valence-corrected chi connectivity index (χ1v) is 7.76. The summed E-state index contributed by atoms with van der Waals surface area (Å²) in [6.07, 6.45) is 5.79. The SMILES string of the molecule is CC12CCC(C1)C(C)(C)C2Nc1ccc(C(N)=S)cn1. The van der Waals surface area contributed by atoms with E-state index in [0.29, 0.717) is 21.9 Å². The fourth-order valence-electron chi connectivity index (χ4n) is 4.44. The van der Waals surface area contributed by atoms with Crippen molar-refractivity contribution in [1.82, 2.24) is 4.98 Å². The maximum atomic E-state index is 5.61. The van der Waals surface area contributed by atoms with Gasteiger partial charge < -0.3 is 11.1 Å².